The average Bonchev–Trinajstić information content (AvgIpc) is 2.65. The van der Waals surface area contributed by atoms with Crippen LogP contribution in [-0.4, -0.2) is 18.9 Å². The van der Waals surface area contributed by atoms with Gasteiger partial charge in [0.2, 0.25) is 0 Å². The molecule has 2 aromatic rings. The van der Waals surface area contributed by atoms with Crippen molar-refractivity contribution in [3.8, 4) is 0 Å². The summed E-state index contributed by atoms with van der Waals surface area (Å²) in [5.74, 6) is -0.256. The Hall–Kier alpha value is -2.11. The zero-order valence-electron chi connectivity index (χ0n) is 14.1. The van der Waals surface area contributed by atoms with E-state index in [0.29, 0.717) is 32.9 Å². The average molecular weight is 435 g/mol. The van der Waals surface area contributed by atoms with Crippen molar-refractivity contribution in [3.05, 3.63) is 74.9 Å². The Labute approximate surface area is 165 Å². The van der Waals surface area contributed by atoms with Gasteiger partial charge in [-0.15, -0.1) is 0 Å². The summed E-state index contributed by atoms with van der Waals surface area (Å²) >= 11 is 9.34. The van der Waals surface area contributed by atoms with Crippen molar-refractivity contribution in [2.24, 2.45) is 0 Å². The number of hydrogen-bond donors (Lipinski definition) is 1. The number of methoxy groups -OCH3 is 1. The van der Waals surface area contributed by atoms with E-state index in [1.54, 1.807) is 18.2 Å². The second-order valence-electron chi connectivity index (χ2n) is 6.01. The van der Waals surface area contributed by atoms with E-state index in [4.69, 9.17) is 16.3 Å². The molecule has 0 radical (unpaired) electrons. The Morgan fingerprint density at radius 1 is 1.23 bits per heavy atom. The first kappa shape index (κ1) is 18.7. The first-order chi connectivity index (χ1) is 12.5. The van der Waals surface area contributed by atoms with Crippen molar-refractivity contribution in [1.29, 1.82) is 0 Å². The van der Waals surface area contributed by atoms with Gasteiger partial charge in [0, 0.05) is 11.4 Å². The van der Waals surface area contributed by atoms with Crippen molar-refractivity contribution < 1.29 is 14.3 Å². The van der Waals surface area contributed by atoms with Gasteiger partial charge < -0.3 is 10.1 Å². The van der Waals surface area contributed by atoms with Crippen LogP contribution < -0.4 is 5.32 Å². The summed E-state index contributed by atoms with van der Waals surface area (Å²) in [5, 5.41) is 3.82. The van der Waals surface area contributed by atoms with Crippen LogP contribution >= 0.6 is 27.5 Å². The SMILES string of the molecule is COC(=O)c1cccc(NC2=CCC(c3ccc(Cl)cc3)CC2=O)c1Br. The number of halogens is 2. The molecule has 0 aromatic heterocycles. The molecule has 1 N–H and O–H groups in total. The second kappa shape index (κ2) is 8.06. The summed E-state index contributed by atoms with van der Waals surface area (Å²) in [7, 11) is 1.33. The number of Topliss-reactive ketones (excluding diaryl/α,β-unsaturated/α-hetero) is 1. The lowest BCUT2D eigenvalue weighted by atomic mass is 9.86. The molecule has 0 amide bonds. The van der Waals surface area contributed by atoms with Gasteiger partial charge in [-0.05, 0) is 58.1 Å². The summed E-state index contributed by atoms with van der Waals surface area (Å²) < 4.78 is 5.34. The fourth-order valence-corrected chi connectivity index (χ4v) is 3.59. The van der Waals surface area contributed by atoms with E-state index in [0.717, 1.165) is 12.0 Å². The summed E-state index contributed by atoms with van der Waals surface area (Å²) in [5.41, 5.74) is 2.70. The van der Waals surface area contributed by atoms with Gasteiger partial charge in [0.15, 0.2) is 5.78 Å². The highest BCUT2D eigenvalue weighted by Gasteiger charge is 2.24. The van der Waals surface area contributed by atoms with Gasteiger partial charge in [0.1, 0.15) is 0 Å². The first-order valence-electron chi connectivity index (χ1n) is 8.12. The summed E-state index contributed by atoms with van der Waals surface area (Å²) in [6.07, 6.45) is 3.08. The summed E-state index contributed by atoms with van der Waals surface area (Å²) in [6.45, 7) is 0. The first-order valence-corrected chi connectivity index (χ1v) is 9.29. The van der Waals surface area contributed by atoms with Crippen LogP contribution in [0.5, 0.6) is 0 Å². The zero-order valence-corrected chi connectivity index (χ0v) is 16.4. The van der Waals surface area contributed by atoms with Crippen molar-refractivity contribution in [1.82, 2.24) is 0 Å². The van der Waals surface area contributed by atoms with Gasteiger partial charge in [0.05, 0.1) is 28.5 Å². The second-order valence-corrected chi connectivity index (χ2v) is 7.24. The number of benzene rings is 2. The van der Waals surface area contributed by atoms with Crippen molar-refractivity contribution in [2.45, 2.75) is 18.8 Å². The van der Waals surface area contributed by atoms with Gasteiger partial charge in [-0.3, -0.25) is 4.79 Å². The predicted molar refractivity (Wildman–Crippen MR) is 106 cm³/mol. The van der Waals surface area contributed by atoms with Crippen LogP contribution in [0.3, 0.4) is 0 Å². The van der Waals surface area contributed by atoms with E-state index in [-0.39, 0.29) is 11.7 Å². The van der Waals surface area contributed by atoms with Crippen LogP contribution in [-0.2, 0) is 9.53 Å². The van der Waals surface area contributed by atoms with E-state index < -0.39 is 5.97 Å². The monoisotopic (exact) mass is 433 g/mol. The van der Waals surface area contributed by atoms with Gasteiger partial charge in [0.25, 0.3) is 0 Å². The fourth-order valence-electron chi connectivity index (χ4n) is 2.94. The molecule has 1 atom stereocenters. The number of anilines is 1. The number of hydrogen-bond acceptors (Lipinski definition) is 4. The highest BCUT2D eigenvalue weighted by atomic mass is 79.9. The van der Waals surface area contributed by atoms with E-state index in [1.165, 1.54) is 7.11 Å². The summed E-state index contributed by atoms with van der Waals surface area (Å²) in [4.78, 5) is 24.4. The van der Waals surface area contributed by atoms with Gasteiger partial charge in [-0.1, -0.05) is 35.9 Å². The number of ketones is 1. The van der Waals surface area contributed by atoms with E-state index in [1.807, 2.05) is 30.3 Å². The van der Waals surface area contributed by atoms with Crippen molar-refractivity contribution >= 4 is 45.0 Å². The van der Waals surface area contributed by atoms with E-state index in [2.05, 4.69) is 21.2 Å². The maximum Gasteiger partial charge on any atom is 0.339 e. The molecule has 0 aliphatic heterocycles. The highest BCUT2D eigenvalue weighted by molar-refractivity contribution is 9.10. The molecule has 1 aliphatic rings. The number of rotatable bonds is 4. The van der Waals surface area contributed by atoms with Crippen LogP contribution in [0.1, 0.15) is 34.7 Å². The van der Waals surface area contributed by atoms with Gasteiger partial charge >= 0.3 is 5.97 Å². The molecule has 26 heavy (non-hydrogen) atoms. The Morgan fingerprint density at radius 3 is 2.62 bits per heavy atom. The minimum absolute atomic E-state index is 0.0339. The molecule has 0 spiro atoms. The molecule has 0 saturated carbocycles. The molecule has 0 saturated heterocycles. The van der Waals surface area contributed by atoms with Gasteiger partial charge in [-0.25, -0.2) is 4.79 Å². The maximum absolute atomic E-state index is 12.6. The number of esters is 1. The number of allylic oxidation sites excluding steroid dienone is 2. The molecule has 3 rings (SSSR count). The Balaban J connectivity index is 1.78. The topological polar surface area (TPSA) is 55.4 Å². The fraction of sp³-hybridized carbons (Fsp3) is 0.200. The predicted octanol–water partition coefficient (Wildman–Crippen LogP) is 5.33. The lowest BCUT2D eigenvalue weighted by Gasteiger charge is -2.22. The number of carbonyl (C=O) groups excluding carboxylic acids is 2. The molecule has 1 unspecified atom stereocenters. The van der Waals surface area contributed by atoms with Crippen molar-refractivity contribution in [2.75, 3.05) is 12.4 Å². The maximum atomic E-state index is 12.6. The molecular formula is C20H17BrClNO3. The third-order valence-electron chi connectivity index (χ3n) is 4.35. The molecule has 6 heteroatoms. The molecular weight excluding hydrogens is 418 g/mol. The van der Waals surface area contributed by atoms with Crippen LogP contribution in [0, 0.1) is 0 Å². The molecule has 4 nitrogen and oxygen atoms in total. The van der Waals surface area contributed by atoms with Crippen molar-refractivity contribution in [3.63, 3.8) is 0 Å². The van der Waals surface area contributed by atoms with Crippen LogP contribution in [0.4, 0.5) is 5.69 Å². The minimum atomic E-state index is -0.438. The Morgan fingerprint density at radius 2 is 1.96 bits per heavy atom. The molecule has 1 aliphatic carbocycles. The zero-order chi connectivity index (χ0) is 18.7. The minimum Gasteiger partial charge on any atom is -0.465 e. The summed E-state index contributed by atoms with van der Waals surface area (Å²) in [6, 6.07) is 12.8. The third-order valence-corrected chi connectivity index (χ3v) is 5.46. The molecule has 0 bridgehead atoms. The number of ether oxygens (including phenoxy) is 1. The number of carbonyl (C=O) groups is 2. The quantitative estimate of drug-likeness (QED) is 0.661. The Kier molecular flexibility index (Phi) is 5.79. The molecule has 2 aromatic carbocycles. The number of nitrogens with one attached hydrogen (secondary N) is 1. The van der Waals surface area contributed by atoms with Crippen LogP contribution in [0.25, 0.3) is 0 Å². The highest BCUT2D eigenvalue weighted by Crippen LogP contribution is 2.33. The normalized spacial score (nSPS) is 16.8. The van der Waals surface area contributed by atoms with Gasteiger partial charge in [-0.2, -0.15) is 0 Å². The third kappa shape index (κ3) is 4.00. The smallest absolute Gasteiger partial charge is 0.339 e. The molecule has 0 heterocycles. The van der Waals surface area contributed by atoms with E-state index >= 15 is 0 Å². The van der Waals surface area contributed by atoms with Crippen LogP contribution in [0.15, 0.2) is 58.7 Å². The van der Waals surface area contributed by atoms with E-state index in [9.17, 15) is 9.59 Å². The lowest BCUT2D eigenvalue weighted by Crippen LogP contribution is -2.20. The Bertz CT molecular complexity index is 877. The molecule has 0 fully saturated rings. The largest absolute Gasteiger partial charge is 0.465 e. The molecule has 134 valence electrons. The lowest BCUT2D eigenvalue weighted by molar-refractivity contribution is -0.116. The standard InChI is InChI=1S/C20H17BrClNO3/c1-26-20(25)15-3-2-4-17(19(15)21)23-16-10-7-13(11-18(16)24)12-5-8-14(22)9-6-12/h2-6,8-10,13,23H,7,11H2,1H3. The van der Waals surface area contributed by atoms with Crippen LogP contribution in [0.2, 0.25) is 5.02 Å².